The standard InChI is InChI=1S/C13H17Cl3N2O2/c1-3-4-18(5-6-20-2)13(19)17-12-10(15)7-9(14)8-11(12)16/h7-8H,3-6H2,1-2H3,(H,17,19). The van der Waals surface area contributed by atoms with Crippen molar-refractivity contribution in [2.45, 2.75) is 13.3 Å². The Bertz CT molecular complexity index is 446. The summed E-state index contributed by atoms with van der Waals surface area (Å²) < 4.78 is 4.99. The second-order valence-corrected chi connectivity index (χ2v) is 5.41. The first-order valence-electron chi connectivity index (χ1n) is 6.19. The van der Waals surface area contributed by atoms with E-state index in [1.54, 1.807) is 12.0 Å². The van der Waals surface area contributed by atoms with Crippen LogP contribution in [-0.4, -0.2) is 37.7 Å². The lowest BCUT2D eigenvalue weighted by molar-refractivity contribution is 0.155. The fourth-order valence-corrected chi connectivity index (χ4v) is 2.55. The molecule has 0 spiro atoms. The van der Waals surface area contributed by atoms with Crippen LogP contribution in [0.1, 0.15) is 13.3 Å². The van der Waals surface area contributed by atoms with Gasteiger partial charge in [-0.25, -0.2) is 4.79 Å². The molecule has 0 atom stereocenters. The lowest BCUT2D eigenvalue weighted by Gasteiger charge is -2.22. The highest BCUT2D eigenvalue weighted by molar-refractivity contribution is 6.42. The van der Waals surface area contributed by atoms with Crippen LogP contribution < -0.4 is 5.32 Å². The number of nitrogens with one attached hydrogen (secondary N) is 1. The molecule has 1 aromatic carbocycles. The van der Waals surface area contributed by atoms with Gasteiger partial charge in [-0.1, -0.05) is 41.7 Å². The molecule has 0 aliphatic carbocycles. The normalized spacial score (nSPS) is 10.4. The van der Waals surface area contributed by atoms with Gasteiger partial charge in [0.1, 0.15) is 0 Å². The second-order valence-electron chi connectivity index (χ2n) is 4.15. The summed E-state index contributed by atoms with van der Waals surface area (Å²) in [5.74, 6) is 0. The zero-order valence-electron chi connectivity index (χ0n) is 11.4. The fraction of sp³-hybridized carbons (Fsp3) is 0.462. The summed E-state index contributed by atoms with van der Waals surface area (Å²) in [5.41, 5.74) is 0.362. The van der Waals surface area contributed by atoms with Gasteiger partial charge in [-0.05, 0) is 18.6 Å². The third-order valence-electron chi connectivity index (χ3n) is 2.58. The second kappa shape index (κ2) is 8.57. The largest absolute Gasteiger partial charge is 0.383 e. The van der Waals surface area contributed by atoms with Crippen LogP contribution in [-0.2, 0) is 4.74 Å². The Kier molecular flexibility index (Phi) is 7.45. The molecule has 1 aromatic rings. The molecule has 20 heavy (non-hydrogen) atoms. The maximum absolute atomic E-state index is 12.2. The summed E-state index contributed by atoms with van der Waals surface area (Å²) in [6.45, 7) is 3.59. The molecule has 112 valence electrons. The van der Waals surface area contributed by atoms with Gasteiger partial charge in [0.15, 0.2) is 0 Å². The van der Waals surface area contributed by atoms with Gasteiger partial charge in [-0.2, -0.15) is 0 Å². The summed E-state index contributed by atoms with van der Waals surface area (Å²) in [7, 11) is 1.59. The van der Waals surface area contributed by atoms with Crippen molar-refractivity contribution in [3.63, 3.8) is 0 Å². The van der Waals surface area contributed by atoms with E-state index in [-0.39, 0.29) is 6.03 Å². The van der Waals surface area contributed by atoms with Gasteiger partial charge in [-0.3, -0.25) is 0 Å². The van der Waals surface area contributed by atoms with E-state index in [4.69, 9.17) is 39.5 Å². The predicted molar refractivity (Wildman–Crippen MR) is 84.2 cm³/mol. The molecular weight excluding hydrogens is 323 g/mol. The summed E-state index contributed by atoms with van der Waals surface area (Å²) >= 11 is 17.9. The van der Waals surface area contributed by atoms with Crippen molar-refractivity contribution in [3.05, 3.63) is 27.2 Å². The number of hydrogen-bond acceptors (Lipinski definition) is 2. The third-order valence-corrected chi connectivity index (χ3v) is 3.40. The first-order chi connectivity index (χ1) is 9.49. The van der Waals surface area contributed by atoms with E-state index >= 15 is 0 Å². The van der Waals surface area contributed by atoms with Crippen LogP contribution in [0.15, 0.2) is 12.1 Å². The molecule has 0 aliphatic rings. The Hall–Kier alpha value is -0.680. The minimum atomic E-state index is -0.268. The van der Waals surface area contributed by atoms with E-state index < -0.39 is 0 Å². The van der Waals surface area contributed by atoms with Crippen LogP contribution in [0, 0.1) is 0 Å². The van der Waals surface area contributed by atoms with E-state index in [0.717, 1.165) is 6.42 Å². The monoisotopic (exact) mass is 338 g/mol. The highest BCUT2D eigenvalue weighted by Crippen LogP contribution is 2.33. The van der Waals surface area contributed by atoms with E-state index in [2.05, 4.69) is 5.32 Å². The first-order valence-corrected chi connectivity index (χ1v) is 7.32. The number of ether oxygens (including phenoxy) is 1. The zero-order chi connectivity index (χ0) is 15.1. The smallest absolute Gasteiger partial charge is 0.322 e. The quantitative estimate of drug-likeness (QED) is 0.827. The number of rotatable bonds is 6. The molecule has 0 unspecified atom stereocenters. The van der Waals surface area contributed by atoms with Gasteiger partial charge in [0, 0.05) is 25.2 Å². The van der Waals surface area contributed by atoms with E-state index in [0.29, 0.717) is 40.5 Å². The average Bonchev–Trinajstić information content (AvgIpc) is 2.38. The van der Waals surface area contributed by atoms with Crippen LogP contribution >= 0.6 is 34.8 Å². The van der Waals surface area contributed by atoms with Crippen molar-refractivity contribution in [1.82, 2.24) is 4.90 Å². The van der Waals surface area contributed by atoms with Crippen LogP contribution in [0.25, 0.3) is 0 Å². The predicted octanol–water partition coefficient (Wildman–Crippen LogP) is 4.54. The number of carbonyl (C=O) groups is 1. The van der Waals surface area contributed by atoms with E-state index in [1.807, 2.05) is 6.92 Å². The molecule has 2 amide bonds. The number of hydrogen-bond donors (Lipinski definition) is 1. The maximum atomic E-state index is 12.2. The molecule has 0 aromatic heterocycles. The number of benzene rings is 1. The summed E-state index contributed by atoms with van der Waals surface area (Å²) in [6.07, 6.45) is 0.846. The van der Waals surface area contributed by atoms with Gasteiger partial charge in [0.25, 0.3) is 0 Å². The van der Waals surface area contributed by atoms with Crippen LogP contribution in [0.5, 0.6) is 0 Å². The SMILES string of the molecule is CCCN(CCOC)C(=O)Nc1c(Cl)cc(Cl)cc1Cl. The van der Waals surface area contributed by atoms with Crippen molar-refractivity contribution >= 4 is 46.5 Å². The van der Waals surface area contributed by atoms with Crippen molar-refractivity contribution in [3.8, 4) is 0 Å². The molecule has 0 fully saturated rings. The highest BCUT2D eigenvalue weighted by atomic mass is 35.5. The Labute approximate surface area is 133 Å². The number of methoxy groups -OCH3 is 1. The zero-order valence-corrected chi connectivity index (χ0v) is 13.6. The summed E-state index contributed by atoms with van der Waals surface area (Å²) in [6, 6.07) is 2.79. The lowest BCUT2D eigenvalue weighted by atomic mass is 10.3. The minimum Gasteiger partial charge on any atom is -0.383 e. The first kappa shape index (κ1) is 17.4. The van der Waals surface area contributed by atoms with Crippen molar-refractivity contribution in [2.75, 3.05) is 32.1 Å². The van der Waals surface area contributed by atoms with Crippen molar-refractivity contribution < 1.29 is 9.53 Å². The van der Waals surface area contributed by atoms with Gasteiger partial charge in [0.05, 0.1) is 22.3 Å². The van der Waals surface area contributed by atoms with Gasteiger partial charge in [0.2, 0.25) is 0 Å². The van der Waals surface area contributed by atoms with Gasteiger partial charge in [-0.15, -0.1) is 0 Å². The molecule has 0 bridgehead atoms. The number of halogens is 3. The van der Waals surface area contributed by atoms with E-state index in [9.17, 15) is 4.79 Å². The molecule has 0 radical (unpaired) electrons. The molecule has 0 aliphatic heterocycles. The molecule has 4 nitrogen and oxygen atoms in total. The highest BCUT2D eigenvalue weighted by Gasteiger charge is 2.16. The Balaban J connectivity index is 2.82. The molecule has 1 rings (SSSR count). The van der Waals surface area contributed by atoms with Gasteiger partial charge >= 0.3 is 6.03 Å². The molecule has 7 heteroatoms. The molecular formula is C13H17Cl3N2O2. The number of urea groups is 1. The molecule has 0 saturated carbocycles. The summed E-state index contributed by atoms with van der Waals surface area (Å²) in [4.78, 5) is 13.9. The fourth-order valence-electron chi connectivity index (χ4n) is 1.63. The molecule has 0 saturated heterocycles. The van der Waals surface area contributed by atoms with E-state index in [1.165, 1.54) is 12.1 Å². The number of amides is 2. The average molecular weight is 340 g/mol. The maximum Gasteiger partial charge on any atom is 0.322 e. The van der Waals surface area contributed by atoms with Crippen LogP contribution in [0.4, 0.5) is 10.5 Å². The Morgan fingerprint density at radius 1 is 1.25 bits per heavy atom. The van der Waals surface area contributed by atoms with Crippen molar-refractivity contribution in [1.29, 1.82) is 0 Å². The topological polar surface area (TPSA) is 41.6 Å². The molecule has 1 N–H and O–H groups in total. The van der Waals surface area contributed by atoms with Crippen LogP contribution in [0.2, 0.25) is 15.1 Å². The Morgan fingerprint density at radius 2 is 1.85 bits per heavy atom. The van der Waals surface area contributed by atoms with Crippen molar-refractivity contribution in [2.24, 2.45) is 0 Å². The number of nitrogens with zero attached hydrogens (tertiary/aromatic N) is 1. The van der Waals surface area contributed by atoms with Crippen LogP contribution in [0.3, 0.4) is 0 Å². The number of carbonyl (C=O) groups excluding carboxylic acids is 1. The Morgan fingerprint density at radius 3 is 2.35 bits per heavy atom. The minimum absolute atomic E-state index is 0.268. The third kappa shape index (κ3) is 5.02. The van der Waals surface area contributed by atoms with Gasteiger partial charge < -0.3 is 15.0 Å². The lowest BCUT2D eigenvalue weighted by Crippen LogP contribution is -2.38. The number of anilines is 1. The molecule has 0 heterocycles. The summed E-state index contributed by atoms with van der Waals surface area (Å²) in [5, 5.41) is 3.74.